The summed E-state index contributed by atoms with van der Waals surface area (Å²) in [4.78, 5) is 29.5. The van der Waals surface area contributed by atoms with Crippen LogP contribution in [0.1, 0.15) is 20.3 Å². The van der Waals surface area contributed by atoms with Gasteiger partial charge in [0.1, 0.15) is 5.69 Å². The lowest BCUT2D eigenvalue weighted by Gasteiger charge is -2.08. The Balaban J connectivity index is 1.38. The molecule has 6 rings (SSSR count). The van der Waals surface area contributed by atoms with Gasteiger partial charge in [0.15, 0.2) is 5.82 Å². The minimum Gasteiger partial charge on any atom is -0.337 e. The molecule has 0 atom stereocenters. The summed E-state index contributed by atoms with van der Waals surface area (Å²) in [6, 6.07) is 12.1. The highest BCUT2D eigenvalue weighted by Gasteiger charge is 2.16. The highest BCUT2D eigenvalue weighted by atomic mass is 32.1. The summed E-state index contributed by atoms with van der Waals surface area (Å²) in [7, 11) is 0. The monoisotopic (exact) mass is 493 g/mol. The van der Waals surface area contributed by atoms with Crippen molar-refractivity contribution in [1.82, 2.24) is 30.1 Å². The van der Waals surface area contributed by atoms with E-state index in [0.29, 0.717) is 17.9 Å². The number of aromatic nitrogens is 6. The molecule has 0 aliphatic carbocycles. The fraction of sp³-hybridized carbons (Fsp3) is 0.148. The number of pyridine rings is 2. The number of hydrogen-bond acceptors (Lipinski definition) is 6. The van der Waals surface area contributed by atoms with E-state index in [2.05, 4.69) is 53.4 Å². The number of hydrogen-bond donors (Lipinski definition) is 3. The van der Waals surface area contributed by atoms with Crippen LogP contribution in [0.5, 0.6) is 0 Å². The normalized spacial score (nSPS) is 11.5. The molecule has 1 amide bonds. The van der Waals surface area contributed by atoms with Gasteiger partial charge in [0, 0.05) is 29.1 Å². The van der Waals surface area contributed by atoms with E-state index in [-0.39, 0.29) is 11.8 Å². The Bertz CT molecular complexity index is 1700. The van der Waals surface area contributed by atoms with Crippen LogP contribution in [-0.2, 0) is 4.79 Å². The quantitative estimate of drug-likeness (QED) is 0.253. The van der Waals surface area contributed by atoms with E-state index in [9.17, 15) is 4.79 Å². The average molecular weight is 494 g/mol. The first-order valence-electron chi connectivity index (χ1n) is 11.7. The van der Waals surface area contributed by atoms with Crippen molar-refractivity contribution in [3.63, 3.8) is 0 Å². The van der Waals surface area contributed by atoms with Crippen LogP contribution in [0, 0.1) is 5.92 Å². The Kier molecular flexibility index (Phi) is 5.54. The predicted molar refractivity (Wildman–Crippen MR) is 144 cm³/mol. The van der Waals surface area contributed by atoms with Crippen molar-refractivity contribution >= 4 is 44.9 Å². The first-order valence-corrected chi connectivity index (χ1v) is 12.6. The molecule has 0 saturated carbocycles. The average Bonchev–Trinajstić information content (AvgIpc) is 3.62. The molecular weight excluding hydrogens is 470 g/mol. The second-order valence-corrected chi connectivity index (χ2v) is 9.87. The lowest BCUT2D eigenvalue weighted by Crippen LogP contribution is -2.13. The molecular formula is C27H23N7OS. The zero-order valence-electron chi connectivity index (χ0n) is 19.7. The number of anilines is 1. The van der Waals surface area contributed by atoms with Crippen molar-refractivity contribution in [3.05, 3.63) is 65.7 Å². The number of nitrogens with zero attached hydrogens (tertiary/aromatic N) is 4. The summed E-state index contributed by atoms with van der Waals surface area (Å²) in [5, 5.41) is 15.6. The van der Waals surface area contributed by atoms with Gasteiger partial charge in [-0.2, -0.15) is 16.4 Å². The first-order chi connectivity index (χ1) is 17.5. The van der Waals surface area contributed by atoms with Crippen LogP contribution in [0.4, 0.5) is 5.69 Å². The highest BCUT2D eigenvalue weighted by Crippen LogP contribution is 2.33. The molecule has 0 unspecified atom stereocenters. The van der Waals surface area contributed by atoms with Crippen molar-refractivity contribution in [2.45, 2.75) is 20.3 Å². The van der Waals surface area contributed by atoms with Gasteiger partial charge in [-0.15, -0.1) is 0 Å². The predicted octanol–water partition coefficient (Wildman–Crippen LogP) is 6.28. The Hall–Kier alpha value is -4.37. The van der Waals surface area contributed by atoms with Gasteiger partial charge in [0.2, 0.25) is 5.91 Å². The molecule has 5 aromatic heterocycles. The van der Waals surface area contributed by atoms with Crippen LogP contribution in [-0.4, -0.2) is 36.0 Å². The summed E-state index contributed by atoms with van der Waals surface area (Å²) in [6.45, 7) is 4.03. The maximum Gasteiger partial charge on any atom is 0.224 e. The second-order valence-electron chi connectivity index (χ2n) is 9.09. The van der Waals surface area contributed by atoms with Gasteiger partial charge in [-0.1, -0.05) is 26.0 Å². The molecule has 0 radical (unpaired) electrons. The largest absolute Gasteiger partial charge is 0.337 e. The number of H-pyrrole nitrogens is 2. The topological polar surface area (TPSA) is 112 Å². The van der Waals surface area contributed by atoms with E-state index < -0.39 is 0 Å². The molecule has 3 N–H and O–H groups in total. The van der Waals surface area contributed by atoms with Crippen molar-refractivity contribution in [1.29, 1.82) is 0 Å². The number of imidazole rings is 1. The van der Waals surface area contributed by atoms with Crippen LogP contribution < -0.4 is 5.32 Å². The number of fused-ring (bicyclic) bond motifs is 2. The van der Waals surface area contributed by atoms with E-state index in [1.165, 1.54) is 0 Å². The van der Waals surface area contributed by atoms with Gasteiger partial charge >= 0.3 is 0 Å². The number of rotatable bonds is 6. The molecule has 36 heavy (non-hydrogen) atoms. The van der Waals surface area contributed by atoms with E-state index in [0.717, 1.165) is 50.0 Å². The van der Waals surface area contributed by atoms with Crippen molar-refractivity contribution in [3.8, 4) is 33.9 Å². The maximum atomic E-state index is 12.2. The molecule has 0 spiro atoms. The standard InChI is InChI=1S/C27H23N7OS/c1-15(2)8-24(35)30-18-9-17(11-28-12-18)22-10-20-23(13-29-22)33-34-26(20)27-31-21-5-3-4-19(25(21)32-27)16-6-7-36-14-16/h3-7,9-15H,8H2,1-2H3,(H,30,35)(H,31,32)(H,33,34). The van der Waals surface area contributed by atoms with Crippen LogP contribution in [0.3, 0.4) is 0 Å². The number of carbonyl (C=O) groups excluding carboxylic acids is 1. The molecule has 0 fully saturated rings. The van der Waals surface area contributed by atoms with Gasteiger partial charge in [-0.3, -0.25) is 19.9 Å². The SMILES string of the molecule is CC(C)CC(=O)Nc1cncc(-c2cc3c(-c4nc5c(-c6ccsc6)cccc5[nH]4)n[nH]c3cn2)c1. The molecule has 0 bridgehead atoms. The third kappa shape index (κ3) is 4.14. The summed E-state index contributed by atoms with van der Waals surface area (Å²) in [6.07, 6.45) is 5.59. The fourth-order valence-electron chi connectivity index (χ4n) is 4.28. The maximum absolute atomic E-state index is 12.2. The number of para-hydroxylation sites is 1. The van der Waals surface area contributed by atoms with Crippen LogP contribution in [0.25, 0.3) is 55.8 Å². The van der Waals surface area contributed by atoms with Crippen molar-refractivity contribution < 1.29 is 4.79 Å². The third-order valence-electron chi connectivity index (χ3n) is 5.93. The van der Waals surface area contributed by atoms with Crippen molar-refractivity contribution in [2.24, 2.45) is 5.92 Å². The van der Waals surface area contributed by atoms with Crippen LogP contribution >= 0.6 is 11.3 Å². The number of thiophene rings is 1. The number of carbonyl (C=O) groups is 1. The fourth-order valence-corrected chi connectivity index (χ4v) is 4.94. The molecule has 0 saturated heterocycles. The summed E-state index contributed by atoms with van der Waals surface area (Å²) < 4.78 is 0. The summed E-state index contributed by atoms with van der Waals surface area (Å²) in [5.41, 5.74) is 7.79. The van der Waals surface area contributed by atoms with Crippen LogP contribution in [0.15, 0.2) is 65.7 Å². The lowest BCUT2D eigenvalue weighted by molar-refractivity contribution is -0.116. The third-order valence-corrected chi connectivity index (χ3v) is 6.61. The molecule has 1 aromatic carbocycles. The Morgan fingerprint density at radius 2 is 2.00 bits per heavy atom. The van der Waals surface area contributed by atoms with Gasteiger partial charge in [0.25, 0.3) is 0 Å². The van der Waals surface area contributed by atoms with E-state index in [4.69, 9.17) is 4.98 Å². The number of nitrogens with one attached hydrogen (secondary N) is 3. The molecule has 9 heteroatoms. The van der Waals surface area contributed by atoms with Gasteiger partial charge in [-0.05, 0) is 46.5 Å². The summed E-state index contributed by atoms with van der Waals surface area (Å²) in [5.74, 6) is 0.935. The van der Waals surface area contributed by atoms with E-state index in [1.807, 2.05) is 38.1 Å². The first kappa shape index (κ1) is 22.1. The number of aromatic amines is 2. The van der Waals surface area contributed by atoms with Crippen LogP contribution in [0.2, 0.25) is 0 Å². The number of amides is 1. The van der Waals surface area contributed by atoms with Gasteiger partial charge in [-0.25, -0.2) is 4.98 Å². The molecule has 0 aliphatic heterocycles. The zero-order valence-corrected chi connectivity index (χ0v) is 20.6. The highest BCUT2D eigenvalue weighted by molar-refractivity contribution is 7.08. The molecule has 6 aromatic rings. The van der Waals surface area contributed by atoms with Gasteiger partial charge < -0.3 is 10.3 Å². The second kappa shape index (κ2) is 9.01. The number of benzene rings is 1. The van der Waals surface area contributed by atoms with Gasteiger partial charge in [0.05, 0.1) is 40.3 Å². The zero-order chi connectivity index (χ0) is 24.6. The minimum absolute atomic E-state index is 0.0313. The minimum atomic E-state index is -0.0313. The Morgan fingerprint density at radius 3 is 2.83 bits per heavy atom. The van der Waals surface area contributed by atoms with E-state index in [1.54, 1.807) is 29.9 Å². The molecule has 0 aliphatic rings. The van der Waals surface area contributed by atoms with Crippen molar-refractivity contribution in [2.75, 3.05) is 5.32 Å². The summed E-state index contributed by atoms with van der Waals surface area (Å²) >= 11 is 1.66. The van der Waals surface area contributed by atoms with E-state index >= 15 is 0 Å². The Labute approximate surface area is 210 Å². The smallest absolute Gasteiger partial charge is 0.224 e. The lowest BCUT2D eigenvalue weighted by atomic mass is 10.1. The Morgan fingerprint density at radius 1 is 1.08 bits per heavy atom. The molecule has 8 nitrogen and oxygen atoms in total. The molecule has 5 heterocycles. The molecule has 178 valence electrons.